The summed E-state index contributed by atoms with van der Waals surface area (Å²) in [4.78, 5) is 13.4. The van der Waals surface area contributed by atoms with Gasteiger partial charge in [0.1, 0.15) is 12.4 Å². The lowest BCUT2D eigenvalue weighted by Crippen LogP contribution is -2.30. The molecule has 0 radical (unpaired) electrons. The molecule has 0 saturated carbocycles. The Kier molecular flexibility index (Phi) is 6.50. The Labute approximate surface area is 119 Å². The van der Waals surface area contributed by atoms with Crippen molar-refractivity contribution in [2.45, 2.75) is 6.92 Å². The molecule has 1 atom stereocenters. The van der Waals surface area contributed by atoms with Gasteiger partial charge in [0.25, 0.3) is 5.91 Å². The number of hydrazine groups is 1. The number of ether oxygens (including phenoxy) is 1. The third-order valence-electron chi connectivity index (χ3n) is 2.77. The van der Waals surface area contributed by atoms with Gasteiger partial charge >= 0.3 is 0 Å². The molecule has 1 rings (SSSR count). The van der Waals surface area contributed by atoms with E-state index in [0.29, 0.717) is 31.0 Å². The summed E-state index contributed by atoms with van der Waals surface area (Å²) in [6.45, 7) is 3.78. The molecule has 0 aliphatic carbocycles. The van der Waals surface area contributed by atoms with Gasteiger partial charge in [0, 0.05) is 18.7 Å². The van der Waals surface area contributed by atoms with Gasteiger partial charge < -0.3 is 9.64 Å². The highest BCUT2D eigenvalue weighted by atomic mass is 16.5. The number of amides is 1. The number of hydrogen-bond donors (Lipinski definition) is 2. The second-order valence-corrected chi connectivity index (χ2v) is 4.64. The van der Waals surface area contributed by atoms with Gasteiger partial charge in [-0.2, -0.15) is 5.26 Å². The molecule has 1 unspecified atom stereocenters. The normalized spacial score (nSPS) is 11.8. The molecule has 0 saturated heterocycles. The highest BCUT2D eigenvalue weighted by Crippen LogP contribution is 2.13. The fraction of sp³-hybridized carbons (Fsp3) is 0.429. The third-order valence-corrected chi connectivity index (χ3v) is 2.77. The van der Waals surface area contributed by atoms with Crippen LogP contribution in [-0.4, -0.2) is 37.6 Å². The monoisotopic (exact) mass is 276 g/mol. The van der Waals surface area contributed by atoms with E-state index in [0.717, 1.165) is 0 Å². The topological polar surface area (TPSA) is 91.4 Å². The van der Waals surface area contributed by atoms with Crippen molar-refractivity contribution in [3.8, 4) is 11.8 Å². The summed E-state index contributed by atoms with van der Waals surface area (Å²) >= 11 is 0. The highest BCUT2D eigenvalue weighted by Gasteiger charge is 2.06. The molecule has 0 fully saturated rings. The maximum absolute atomic E-state index is 11.4. The molecule has 0 spiro atoms. The molecule has 6 nitrogen and oxygen atoms in total. The lowest BCUT2D eigenvalue weighted by Gasteiger charge is -2.18. The molecule has 1 aromatic rings. The van der Waals surface area contributed by atoms with E-state index in [9.17, 15) is 4.79 Å². The number of hydrogen-bond acceptors (Lipinski definition) is 5. The van der Waals surface area contributed by atoms with Crippen molar-refractivity contribution in [2.24, 2.45) is 11.8 Å². The molecule has 3 N–H and O–H groups in total. The van der Waals surface area contributed by atoms with Crippen LogP contribution in [0, 0.1) is 17.2 Å². The second kappa shape index (κ2) is 8.15. The minimum atomic E-state index is -0.351. The zero-order chi connectivity index (χ0) is 15.0. The Morgan fingerprint density at radius 3 is 3.00 bits per heavy atom. The van der Waals surface area contributed by atoms with Gasteiger partial charge in [0.2, 0.25) is 0 Å². The van der Waals surface area contributed by atoms with E-state index in [-0.39, 0.29) is 11.8 Å². The first-order valence-electron chi connectivity index (χ1n) is 6.38. The first-order chi connectivity index (χ1) is 9.56. The molecule has 6 heteroatoms. The Morgan fingerprint density at radius 1 is 1.60 bits per heavy atom. The summed E-state index contributed by atoms with van der Waals surface area (Å²) in [5.41, 5.74) is 2.53. The first kappa shape index (κ1) is 16.0. The number of nitrogens with two attached hydrogens (primary N) is 1. The lowest BCUT2D eigenvalue weighted by atomic mass is 10.2. The summed E-state index contributed by atoms with van der Waals surface area (Å²) in [6.07, 6.45) is 0. The van der Waals surface area contributed by atoms with Crippen molar-refractivity contribution >= 4 is 5.91 Å². The average Bonchev–Trinajstić information content (AvgIpc) is 2.46. The molecule has 0 bridgehead atoms. The molecular formula is C14H20N4O2. The summed E-state index contributed by atoms with van der Waals surface area (Å²) in [7, 11) is 1.94. The molecule has 1 aromatic carbocycles. The molecule has 0 heterocycles. The summed E-state index contributed by atoms with van der Waals surface area (Å²) in [6, 6.07) is 9.01. The smallest absolute Gasteiger partial charge is 0.265 e. The molecule has 108 valence electrons. The quantitative estimate of drug-likeness (QED) is 0.436. The summed E-state index contributed by atoms with van der Waals surface area (Å²) in [5, 5.41) is 8.74. The van der Waals surface area contributed by atoms with Crippen molar-refractivity contribution in [1.29, 1.82) is 5.26 Å². The van der Waals surface area contributed by atoms with E-state index >= 15 is 0 Å². The van der Waals surface area contributed by atoms with Crippen molar-refractivity contribution in [3.63, 3.8) is 0 Å². The highest BCUT2D eigenvalue weighted by molar-refractivity contribution is 5.94. The molecule has 20 heavy (non-hydrogen) atoms. The molecular weight excluding hydrogens is 256 g/mol. The van der Waals surface area contributed by atoms with Crippen molar-refractivity contribution < 1.29 is 9.53 Å². The lowest BCUT2D eigenvalue weighted by molar-refractivity contribution is 0.0953. The molecule has 1 amide bonds. The predicted molar refractivity (Wildman–Crippen MR) is 75.9 cm³/mol. The molecule has 0 aliphatic heterocycles. The van der Waals surface area contributed by atoms with Crippen LogP contribution in [0.4, 0.5) is 0 Å². The zero-order valence-electron chi connectivity index (χ0n) is 11.8. The number of nitrogen functional groups attached to an aromatic ring is 1. The van der Waals surface area contributed by atoms with Crippen LogP contribution >= 0.6 is 0 Å². The Bertz CT molecular complexity index is 484. The van der Waals surface area contributed by atoms with Crippen LogP contribution in [0.15, 0.2) is 24.3 Å². The van der Waals surface area contributed by atoms with Gasteiger partial charge in [0.05, 0.1) is 12.0 Å². The second-order valence-electron chi connectivity index (χ2n) is 4.64. The summed E-state index contributed by atoms with van der Waals surface area (Å²) in [5.74, 6) is 5.34. The fourth-order valence-electron chi connectivity index (χ4n) is 1.73. The number of carbonyl (C=O) groups is 1. The first-order valence-corrected chi connectivity index (χ1v) is 6.38. The van der Waals surface area contributed by atoms with Crippen LogP contribution in [-0.2, 0) is 0 Å². The van der Waals surface area contributed by atoms with Crippen molar-refractivity contribution in [3.05, 3.63) is 29.8 Å². The maximum atomic E-state index is 11.4. The van der Waals surface area contributed by atoms with E-state index in [1.54, 1.807) is 24.3 Å². The predicted octanol–water partition coefficient (Wildman–Crippen LogP) is 0.760. The number of nitriles is 1. The number of nitrogens with one attached hydrogen (secondary N) is 1. The Morgan fingerprint density at radius 2 is 2.35 bits per heavy atom. The summed E-state index contributed by atoms with van der Waals surface area (Å²) < 4.78 is 5.58. The van der Waals surface area contributed by atoms with E-state index in [1.165, 1.54) is 0 Å². The van der Waals surface area contributed by atoms with Gasteiger partial charge in [-0.3, -0.25) is 10.2 Å². The van der Waals surface area contributed by atoms with Crippen LogP contribution in [0.2, 0.25) is 0 Å². The van der Waals surface area contributed by atoms with Crippen LogP contribution < -0.4 is 16.0 Å². The molecule has 0 aromatic heterocycles. The number of carbonyl (C=O) groups excluding carboxylic acids is 1. The fourth-order valence-corrected chi connectivity index (χ4v) is 1.73. The van der Waals surface area contributed by atoms with Crippen LogP contribution in [0.5, 0.6) is 5.75 Å². The van der Waals surface area contributed by atoms with Gasteiger partial charge in [-0.1, -0.05) is 6.07 Å². The van der Waals surface area contributed by atoms with Crippen molar-refractivity contribution in [2.75, 3.05) is 26.7 Å². The zero-order valence-corrected chi connectivity index (χ0v) is 11.8. The van der Waals surface area contributed by atoms with E-state index in [4.69, 9.17) is 15.8 Å². The van der Waals surface area contributed by atoms with E-state index < -0.39 is 0 Å². The van der Waals surface area contributed by atoms with Crippen molar-refractivity contribution in [1.82, 2.24) is 10.3 Å². The van der Waals surface area contributed by atoms with Crippen LogP contribution in [0.25, 0.3) is 0 Å². The SMILES string of the molecule is CC(C#N)CN(C)CCOc1cccc(C(=O)NN)c1. The number of likely N-dealkylation sites (N-methyl/N-ethyl adjacent to an activating group) is 1. The number of nitrogens with zero attached hydrogens (tertiary/aromatic N) is 2. The number of benzene rings is 1. The average molecular weight is 276 g/mol. The van der Waals surface area contributed by atoms with E-state index in [1.807, 2.05) is 18.9 Å². The minimum Gasteiger partial charge on any atom is -0.492 e. The van der Waals surface area contributed by atoms with Gasteiger partial charge in [-0.25, -0.2) is 5.84 Å². The minimum absolute atomic E-state index is 0.00317. The van der Waals surface area contributed by atoms with E-state index in [2.05, 4.69) is 11.5 Å². The number of rotatable bonds is 7. The molecule has 0 aliphatic rings. The Balaban J connectivity index is 2.42. The van der Waals surface area contributed by atoms with Gasteiger partial charge in [0.15, 0.2) is 0 Å². The Hall–Kier alpha value is -2.10. The standard InChI is InChI=1S/C14H20N4O2/c1-11(9-15)10-18(2)6-7-20-13-5-3-4-12(8-13)14(19)17-16/h3-5,8,11H,6-7,10,16H2,1-2H3,(H,17,19). The van der Waals surface area contributed by atoms with Gasteiger partial charge in [-0.15, -0.1) is 0 Å². The van der Waals surface area contributed by atoms with Crippen LogP contribution in [0.3, 0.4) is 0 Å². The largest absolute Gasteiger partial charge is 0.492 e. The maximum Gasteiger partial charge on any atom is 0.265 e. The third kappa shape index (κ3) is 5.26. The van der Waals surface area contributed by atoms with Crippen LogP contribution in [0.1, 0.15) is 17.3 Å². The van der Waals surface area contributed by atoms with Gasteiger partial charge in [-0.05, 0) is 32.2 Å².